The highest BCUT2D eigenvalue weighted by Gasteiger charge is 2.26. The van der Waals surface area contributed by atoms with Crippen molar-refractivity contribution in [2.75, 3.05) is 25.6 Å². The first-order valence-corrected chi connectivity index (χ1v) is 9.33. The number of rotatable bonds is 8. The number of aromatic nitrogens is 2. The van der Waals surface area contributed by atoms with E-state index in [2.05, 4.69) is 10.4 Å². The zero-order valence-corrected chi connectivity index (χ0v) is 16.3. The van der Waals surface area contributed by atoms with Gasteiger partial charge in [-0.3, -0.25) is 4.79 Å². The first-order chi connectivity index (χ1) is 13.9. The summed E-state index contributed by atoms with van der Waals surface area (Å²) in [6, 6.07) is 5.37. The number of nitrogens with zero attached hydrogens (tertiary/aromatic N) is 2. The molecular weight excluding hydrogens is 380 g/mol. The number of aliphatic hydroxyl groups excluding tert-OH is 1. The molecule has 0 bridgehead atoms. The summed E-state index contributed by atoms with van der Waals surface area (Å²) in [4.78, 5) is 24.2. The molecule has 1 aliphatic rings. The summed E-state index contributed by atoms with van der Waals surface area (Å²) in [5, 5.41) is 16.2. The van der Waals surface area contributed by atoms with Gasteiger partial charge >= 0.3 is 6.16 Å². The highest BCUT2D eigenvalue weighted by atomic mass is 16.7. The van der Waals surface area contributed by atoms with Crippen molar-refractivity contribution in [2.24, 2.45) is 0 Å². The lowest BCUT2D eigenvalue weighted by molar-refractivity contribution is 0.0950. The van der Waals surface area contributed by atoms with E-state index < -0.39 is 6.16 Å². The van der Waals surface area contributed by atoms with Crippen LogP contribution in [0.5, 0.6) is 11.6 Å². The number of amides is 1. The summed E-state index contributed by atoms with van der Waals surface area (Å²) >= 11 is 0. The smallest absolute Gasteiger partial charge is 0.471 e. The first-order valence-electron chi connectivity index (χ1n) is 9.33. The highest BCUT2D eigenvalue weighted by molar-refractivity contribution is 5.95. The van der Waals surface area contributed by atoms with Gasteiger partial charge in [0.05, 0.1) is 18.9 Å². The molecular formula is C19H24N4O6. The number of nitrogens with two attached hydrogens (primary N) is 1. The number of aliphatic hydroxyl groups is 1. The topological polar surface area (TPSA) is 138 Å². The van der Waals surface area contributed by atoms with E-state index in [-0.39, 0.29) is 49.2 Å². The molecule has 10 heteroatoms. The maximum Gasteiger partial charge on any atom is 0.514 e. The highest BCUT2D eigenvalue weighted by Crippen LogP contribution is 2.36. The molecule has 1 saturated carbocycles. The van der Waals surface area contributed by atoms with E-state index >= 15 is 0 Å². The SMILES string of the molecule is CCOC(=O)Oc1c(OCCO)nn(-c2cc(C(=O)NC3CC3)ccc2C)c1N. The lowest BCUT2D eigenvalue weighted by atomic mass is 10.1. The zero-order chi connectivity index (χ0) is 21.0. The molecule has 0 atom stereocenters. The quantitative estimate of drug-likeness (QED) is 0.564. The van der Waals surface area contributed by atoms with Crippen LogP contribution in [0.1, 0.15) is 35.7 Å². The number of hydrogen-bond acceptors (Lipinski definition) is 8. The molecule has 1 aromatic carbocycles. The molecule has 0 spiro atoms. The van der Waals surface area contributed by atoms with Crippen LogP contribution >= 0.6 is 0 Å². The van der Waals surface area contributed by atoms with Crippen LogP contribution in [0.25, 0.3) is 5.69 Å². The number of benzene rings is 1. The molecule has 156 valence electrons. The van der Waals surface area contributed by atoms with Crippen LogP contribution in [0.2, 0.25) is 0 Å². The number of nitrogens with one attached hydrogen (secondary N) is 1. The first kappa shape index (κ1) is 20.5. The number of ether oxygens (including phenoxy) is 3. The Bertz CT molecular complexity index is 906. The maximum absolute atomic E-state index is 12.4. The van der Waals surface area contributed by atoms with Crippen molar-refractivity contribution in [3.05, 3.63) is 29.3 Å². The van der Waals surface area contributed by atoms with Crippen molar-refractivity contribution in [3.8, 4) is 17.3 Å². The Hall–Kier alpha value is -3.27. The van der Waals surface area contributed by atoms with Crippen LogP contribution < -0.4 is 20.5 Å². The molecule has 3 rings (SSSR count). The van der Waals surface area contributed by atoms with Crippen molar-refractivity contribution < 1.29 is 28.9 Å². The summed E-state index contributed by atoms with van der Waals surface area (Å²) < 4.78 is 16.6. The lowest BCUT2D eigenvalue weighted by Crippen LogP contribution is -2.25. The van der Waals surface area contributed by atoms with Gasteiger partial charge in [-0.1, -0.05) is 6.07 Å². The van der Waals surface area contributed by atoms with Crippen LogP contribution in [-0.2, 0) is 4.74 Å². The van der Waals surface area contributed by atoms with Crippen molar-refractivity contribution >= 4 is 17.9 Å². The van der Waals surface area contributed by atoms with Crippen LogP contribution in [-0.4, -0.2) is 52.8 Å². The van der Waals surface area contributed by atoms with E-state index in [1.165, 1.54) is 4.68 Å². The molecule has 1 aliphatic carbocycles. The number of carbonyl (C=O) groups excluding carboxylic acids is 2. The maximum atomic E-state index is 12.4. The van der Waals surface area contributed by atoms with Crippen LogP contribution in [0, 0.1) is 6.92 Å². The fourth-order valence-electron chi connectivity index (χ4n) is 2.62. The van der Waals surface area contributed by atoms with Crippen molar-refractivity contribution in [1.29, 1.82) is 0 Å². The van der Waals surface area contributed by atoms with Gasteiger partial charge < -0.3 is 30.4 Å². The average Bonchev–Trinajstić information content (AvgIpc) is 3.46. The lowest BCUT2D eigenvalue weighted by Gasteiger charge is -2.10. The standard InChI is InChI=1S/C19H24N4O6/c1-3-27-19(26)29-15-16(20)23(22-18(15)28-9-8-24)14-10-12(5-4-11(14)2)17(25)21-13-6-7-13/h4-5,10,13,24H,3,6-9,20H2,1-2H3,(H,21,25). The van der Waals surface area contributed by atoms with Crippen molar-refractivity contribution in [1.82, 2.24) is 15.1 Å². The summed E-state index contributed by atoms with van der Waals surface area (Å²) in [5.41, 5.74) is 7.94. The predicted molar refractivity (Wildman–Crippen MR) is 103 cm³/mol. The van der Waals surface area contributed by atoms with Gasteiger partial charge in [0, 0.05) is 11.6 Å². The summed E-state index contributed by atoms with van der Waals surface area (Å²) in [5.74, 6) is -0.381. The van der Waals surface area contributed by atoms with Crippen LogP contribution in [0.3, 0.4) is 0 Å². The minimum absolute atomic E-state index is 0.00570. The summed E-state index contributed by atoms with van der Waals surface area (Å²) in [6.45, 7) is 3.26. The molecule has 10 nitrogen and oxygen atoms in total. The number of anilines is 1. The van der Waals surface area contributed by atoms with E-state index in [4.69, 9.17) is 25.1 Å². The van der Waals surface area contributed by atoms with Gasteiger partial charge in [0.25, 0.3) is 11.8 Å². The number of aryl methyl sites for hydroxylation is 1. The Balaban J connectivity index is 1.97. The summed E-state index contributed by atoms with van der Waals surface area (Å²) in [6.07, 6.45) is 1.01. The second-order valence-electron chi connectivity index (χ2n) is 6.54. The van der Waals surface area contributed by atoms with E-state index in [9.17, 15) is 9.59 Å². The second-order valence-corrected chi connectivity index (χ2v) is 6.54. The minimum atomic E-state index is -0.957. The Morgan fingerprint density at radius 3 is 2.79 bits per heavy atom. The van der Waals surface area contributed by atoms with Gasteiger partial charge in [-0.05, 0) is 44.4 Å². The third kappa shape index (κ3) is 4.77. The molecule has 0 saturated heterocycles. The molecule has 2 aromatic rings. The largest absolute Gasteiger partial charge is 0.514 e. The van der Waals surface area contributed by atoms with Gasteiger partial charge in [0.15, 0.2) is 5.82 Å². The van der Waals surface area contributed by atoms with E-state index in [1.54, 1.807) is 25.1 Å². The monoisotopic (exact) mass is 404 g/mol. The molecule has 1 fully saturated rings. The fourth-order valence-corrected chi connectivity index (χ4v) is 2.62. The van der Waals surface area contributed by atoms with Crippen molar-refractivity contribution in [2.45, 2.75) is 32.7 Å². The zero-order valence-electron chi connectivity index (χ0n) is 16.3. The normalized spacial score (nSPS) is 13.1. The molecule has 1 heterocycles. The Morgan fingerprint density at radius 1 is 1.38 bits per heavy atom. The molecule has 0 radical (unpaired) electrons. The number of carbonyl (C=O) groups is 2. The molecule has 4 N–H and O–H groups in total. The molecule has 0 unspecified atom stereocenters. The Kier molecular flexibility index (Phi) is 6.23. The summed E-state index contributed by atoms with van der Waals surface area (Å²) in [7, 11) is 0. The Morgan fingerprint density at radius 2 is 2.14 bits per heavy atom. The number of nitrogen functional groups attached to an aromatic ring is 1. The second kappa shape index (κ2) is 8.82. The van der Waals surface area contributed by atoms with Crippen LogP contribution in [0.15, 0.2) is 18.2 Å². The molecule has 1 amide bonds. The van der Waals surface area contributed by atoms with Gasteiger partial charge in [-0.15, -0.1) is 5.10 Å². The van der Waals surface area contributed by atoms with Gasteiger partial charge in [0.2, 0.25) is 5.75 Å². The van der Waals surface area contributed by atoms with Crippen molar-refractivity contribution in [3.63, 3.8) is 0 Å². The molecule has 1 aromatic heterocycles. The van der Waals surface area contributed by atoms with Gasteiger partial charge in [0.1, 0.15) is 6.61 Å². The predicted octanol–water partition coefficient (Wildman–Crippen LogP) is 1.56. The molecule has 29 heavy (non-hydrogen) atoms. The van der Waals surface area contributed by atoms with Crippen LogP contribution in [0.4, 0.5) is 10.6 Å². The van der Waals surface area contributed by atoms with E-state index in [0.29, 0.717) is 11.3 Å². The van der Waals surface area contributed by atoms with Gasteiger partial charge in [-0.2, -0.15) is 0 Å². The average molecular weight is 404 g/mol. The third-order valence-electron chi connectivity index (χ3n) is 4.24. The molecule has 0 aliphatic heterocycles. The Labute approximate surface area is 167 Å². The minimum Gasteiger partial charge on any atom is -0.471 e. The van der Waals surface area contributed by atoms with E-state index in [0.717, 1.165) is 18.4 Å². The number of hydrogen-bond donors (Lipinski definition) is 3. The third-order valence-corrected chi connectivity index (χ3v) is 4.24. The van der Waals surface area contributed by atoms with E-state index in [1.807, 2.05) is 6.92 Å². The fraction of sp³-hybridized carbons (Fsp3) is 0.421. The van der Waals surface area contributed by atoms with Gasteiger partial charge in [-0.25, -0.2) is 9.48 Å².